The quantitative estimate of drug-likeness (QED) is 0.747. The number of benzene rings is 1. The number of carbonyl (C=O) groups is 3. The highest BCUT2D eigenvalue weighted by molar-refractivity contribution is 8.00. The van der Waals surface area contributed by atoms with E-state index in [2.05, 4.69) is 10.6 Å². The van der Waals surface area contributed by atoms with E-state index in [-0.39, 0.29) is 24.8 Å². The van der Waals surface area contributed by atoms with Crippen molar-refractivity contribution in [3.8, 4) is 5.75 Å². The van der Waals surface area contributed by atoms with Crippen LogP contribution >= 0.6 is 11.8 Å². The molecule has 1 aromatic carbocycles. The maximum absolute atomic E-state index is 12.2. The second-order valence-corrected chi connectivity index (χ2v) is 6.32. The summed E-state index contributed by atoms with van der Waals surface area (Å²) in [7, 11) is 1.52. The van der Waals surface area contributed by atoms with Crippen LogP contribution in [0.25, 0.3) is 0 Å². The molecule has 0 radical (unpaired) electrons. The lowest BCUT2D eigenvalue weighted by atomic mass is 10.2. The van der Waals surface area contributed by atoms with Crippen molar-refractivity contribution in [3.63, 3.8) is 0 Å². The molecule has 2 rings (SSSR count). The number of rotatable bonds is 6. The van der Waals surface area contributed by atoms with Crippen LogP contribution in [0.15, 0.2) is 24.3 Å². The number of para-hydroxylation sites is 2. The molecule has 8 heteroatoms. The minimum Gasteiger partial charge on any atom is -0.495 e. The van der Waals surface area contributed by atoms with Crippen molar-refractivity contribution in [3.05, 3.63) is 24.3 Å². The number of ether oxygens (including phenoxy) is 2. The van der Waals surface area contributed by atoms with Crippen LogP contribution < -0.4 is 15.4 Å². The highest BCUT2D eigenvalue weighted by Gasteiger charge is 2.34. The summed E-state index contributed by atoms with van der Waals surface area (Å²) in [4.78, 5) is 35.9. The van der Waals surface area contributed by atoms with Crippen molar-refractivity contribution < 1.29 is 23.9 Å². The average Bonchev–Trinajstić information content (AvgIpc) is 2.57. The van der Waals surface area contributed by atoms with Gasteiger partial charge < -0.3 is 20.1 Å². The van der Waals surface area contributed by atoms with E-state index in [4.69, 9.17) is 9.47 Å². The van der Waals surface area contributed by atoms with Crippen molar-refractivity contribution in [1.82, 2.24) is 5.32 Å². The Kier molecular flexibility index (Phi) is 6.48. The summed E-state index contributed by atoms with van der Waals surface area (Å²) < 4.78 is 10.1. The van der Waals surface area contributed by atoms with Crippen molar-refractivity contribution in [2.24, 2.45) is 0 Å². The van der Waals surface area contributed by atoms with E-state index in [0.29, 0.717) is 17.2 Å². The van der Waals surface area contributed by atoms with E-state index in [1.54, 1.807) is 31.2 Å². The third kappa shape index (κ3) is 4.64. The number of amides is 2. The number of esters is 1. The number of hydrogen-bond donors (Lipinski definition) is 2. The highest BCUT2D eigenvalue weighted by Crippen LogP contribution is 2.25. The topological polar surface area (TPSA) is 93.7 Å². The summed E-state index contributed by atoms with van der Waals surface area (Å²) in [6, 6.07) is 6.39. The molecule has 0 aromatic heterocycles. The van der Waals surface area contributed by atoms with E-state index in [1.165, 1.54) is 18.9 Å². The molecule has 0 bridgehead atoms. The number of nitrogens with one attached hydrogen (secondary N) is 2. The van der Waals surface area contributed by atoms with E-state index in [1.807, 2.05) is 0 Å². The summed E-state index contributed by atoms with van der Waals surface area (Å²) in [6.07, 6.45) is 0.0180. The van der Waals surface area contributed by atoms with Gasteiger partial charge in [0.2, 0.25) is 11.8 Å². The van der Waals surface area contributed by atoms with Crippen LogP contribution in [-0.4, -0.2) is 48.5 Å². The number of carbonyl (C=O) groups excluding carboxylic acids is 3. The largest absolute Gasteiger partial charge is 0.495 e. The van der Waals surface area contributed by atoms with Crippen molar-refractivity contribution in [2.45, 2.75) is 24.6 Å². The monoisotopic (exact) mass is 352 g/mol. The zero-order valence-corrected chi connectivity index (χ0v) is 14.4. The van der Waals surface area contributed by atoms with Crippen LogP contribution in [0.3, 0.4) is 0 Å². The van der Waals surface area contributed by atoms with E-state index in [9.17, 15) is 14.4 Å². The fraction of sp³-hybridized carbons (Fsp3) is 0.438. The van der Waals surface area contributed by atoms with Gasteiger partial charge in [-0.25, -0.2) is 4.79 Å². The van der Waals surface area contributed by atoms with Gasteiger partial charge >= 0.3 is 5.97 Å². The van der Waals surface area contributed by atoms with Crippen molar-refractivity contribution >= 4 is 35.2 Å². The molecular formula is C16H20N2O5S. The molecule has 130 valence electrons. The molecular weight excluding hydrogens is 332 g/mol. The predicted octanol–water partition coefficient (Wildman–Crippen LogP) is 1.19. The first-order chi connectivity index (χ1) is 11.5. The summed E-state index contributed by atoms with van der Waals surface area (Å²) >= 11 is 1.28. The van der Waals surface area contributed by atoms with Crippen LogP contribution in [0.2, 0.25) is 0 Å². The zero-order chi connectivity index (χ0) is 17.5. The van der Waals surface area contributed by atoms with E-state index < -0.39 is 17.3 Å². The molecule has 1 fully saturated rings. The SMILES string of the molecule is CCOC(=O)[C@@H]1CS[C@H](CC(=O)Nc2ccccc2OC)C(=O)N1. The summed E-state index contributed by atoms with van der Waals surface area (Å²) in [5.41, 5.74) is 0.551. The fourth-order valence-corrected chi connectivity index (χ4v) is 3.37. The standard InChI is InChI=1S/C16H20N2O5S/c1-3-23-16(21)11-9-24-13(15(20)18-11)8-14(19)17-10-6-4-5-7-12(10)22-2/h4-7,11,13H,3,8-9H2,1-2H3,(H,17,19)(H,18,20)/t11-,13+/m0/s1. The molecule has 2 N–H and O–H groups in total. The Morgan fingerprint density at radius 3 is 2.79 bits per heavy atom. The molecule has 0 spiro atoms. The first kappa shape index (κ1) is 18.1. The Morgan fingerprint density at radius 1 is 1.38 bits per heavy atom. The molecule has 1 saturated heterocycles. The van der Waals surface area contributed by atoms with E-state index in [0.717, 1.165) is 0 Å². The molecule has 0 unspecified atom stereocenters. The number of thioether (sulfide) groups is 1. The Labute approximate surface area is 144 Å². The van der Waals surface area contributed by atoms with Gasteiger partial charge in [-0.2, -0.15) is 0 Å². The van der Waals surface area contributed by atoms with E-state index >= 15 is 0 Å². The molecule has 0 saturated carbocycles. The molecule has 1 aromatic rings. The van der Waals surface area contributed by atoms with Gasteiger partial charge in [-0.05, 0) is 19.1 Å². The first-order valence-corrected chi connectivity index (χ1v) is 8.61. The van der Waals surface area contributed by atoms with Gasteiger partial charge in [0.15, 0.2) is 0 Å². The molecule has 1 heterocycles. The van der Waals surface area contributed by atoms with Gasteiger partial charge in [0.05, 0.1) is 24.7 Å². The van der Waals surface area contributed by atoms with Gasteiger partial charge in [-0.1, -0.05) is 12.1 Å². The molecule has 1 aliphatic rings. The molecule has 1 aliphatic heterocycles. The van der Waals surface area contributed by atoms with Gasteiger partial charge in [-0.15, -0.1) is 11.8 Å². The Balaban J connectivity index is 1.89. The lowest BCUT2D eigenvalue weighted by Crippen LogP contribution is -2.51. The summed E-state index contributed by atoms with van der Waals surface area (Å²) in [5, 5.41) is 4.80. The molecule has 2 atom stereocenters. The lowest BCUT2D eigenvalue weighted by molar-refractivity contribution is -0.146. The van der Waals surface area contributed by atoms with Crippen molar-refractivity contribution in [2.75, 3.05) is 24.8 Å². The summed E-state index contributed by atoms with van der Waals surface area (Å²) in [5.74, 6) is -0.137. The molecule has 24 heavy (non-hydrogen) atoms. The minimum atomic E-state index is -0.657. The highest BCUT2D eigenvalue weighted by atomic mass is 32.2. The Hall–Kier alpha value is -2.22. The molecule has 0 aliphatic carbocycles. The van der Waals surface area contributed by atoms with Gasteiger partial charge in [0.1, 0.15) is 11.8 Å². The normalized spacial score (nSPS) is 20.0. The van der Waals surface area contributed by atoms with Gasteiger partial charge in [-0.3, -0.25) is 9.59 Å². The Morgan fingerprint density at radius 2 is 2.12 bits per heavy atom. The summed E-state index contributed by atoms with van der Waals surface area (Å²) in [6.45, 7) is 1.97. The van der Waals surface area contributed by atoms with Crippen LogP contribution in [0, 0.1) is 0 Å². The maximum Gasteiger partial charge on any atom is 0.329 e. The van der Waals surface area contributed by atoms with Crippen LogP contribution in [-0.2, 0) is 19.1 Å². The second kappa shape index (κ2) is 8.58. The zero-order valence-electron chi connectivity index (χ0n) is 13.5. The first-order valence-electron chi connectivity index (χ1n) is 7.56. The smallest absolute Gasteiger partial charge is 0.329 e. The third-order valence-electron chi connectivity index (χ3n) is 3.40. The number of anilines is 1. The second-order valence-electron chi connectivity index (χ2n) is 5.09. The average molecular weight is 352 g/mol. The Bertz CT molecular complexity index is 622. The third-order valence-corrected chi connectivity index (χ3v) is 4.70. The number of methoxy groups -OCH3 is 1. The fourth-order valence-electron chi connectivity index (χ4n) is 2.23. The lowest BCUT2D eigenvalue weighted by Gasteiger charge is -2.27. The number of hydrogen-bond acceptors (Lipinski definition) is 6. The van der Waals surface area contributed by atoms with Crippen LogP contribution in [0.4, 0.5) is 5.69 Å². The van der Waals surface area contributed by atoms with Gasteiger partial charge in [0, 0.05) is 12.2 Å². The minimum absolute atomic E-state index is 0.0180. The maximum atomic E-state index is 12.2. The van der Waals surface area contributed by atoms with Crippen molar-refractivity contribution in [1.29, 1.82) is 0 Å². The predicted molar refractivity (Wildman–Crippen MR) is 91.1 cm³/mol. The van der Waals surface area contributed by atoms with Crippen LogP contribution in [0.5, 0.6) is 5.75 Å². The van der Waals surface area contributed by atoms with Gasteiger partial charge in [0.25, 0.3) is 0 Å². The van der Waals surface area contributed by atoms with Crippen LogP contribution in [0.1, 0.15) is 13.3 Å². The molecule has 2 amide bonds. The molecule has 7 nitrogen and oxygen atoms in total.